The molecule has 0 N–H and O–H groups in total. The molecule has 0 amide bonds. The van der Waals surface area contributed by atoms with E-state index in [4.69, 9.17) is 0 Å². The molecule has 0 heteroatoms. The van der Waals surface area contributed by atoms with Crippen LogP contribution in [-0.2, 0) is 10.8 Å². The van der Waals surface area contributed by atoms with Crippen molar-refractivity contribution in [2.75, 3.05) is 0 Å². The number of benzene rings is 12. The minimum absolute atomic E-state index is 0.497. The van der Waals surface area contributed by atoms with Gasteiger partial charge in [0.2, 0.25) is 0 Å². The lowest BCUT2D eigenvalue weighted by molar-refractivity contribution is 0.768. The van der Waals surface area contributed by atoms with Gasteiger partial charge in [-0.3, -0.25) is 0 Å². The van der Waals surface area contributed by atoms with Gasteiger partial charge in [0.15, 0.2) is 0 Å². The molecule has 0 spiro atoms. The van der Waals surface area contributed by atoms with Crippen LogP contribution in [-0.4, -0.2) is 0 Å². The van der Waals surface area contributed by atoms with Crippen LogP contribution in [0.25, 0.3) is 77.2 Å². The van der Waals surface area contributed by atoms with Crippen LogP contribution in [0.4, 0.5) is 0 Å². The highest BCUT2D eigenvalue weighted by Gasteiger charge is 2.48. The molecule has 0 radical (unpaired) electrons. The summed E-state index contributed by atoms with van der Waals surface area (Å²) in [5.74, 6) is 0. The van der Waals surface area contributed by atoms with Crippen LogP contribution in [0.5, 0.6) is 0 Å². The summed E-state index contributed by atoms with van der Waals surface area (Å²) in [6, 6.07) is 104. The Morgan fingerprint density at radius 1 is 0.186 bits per heavy atom. The third-order valence-electron chi connectivity index (χ3n) is 15.6. The van der Waals surface area contributed by atoms with E-state index in [1.54, 1.807) is 0 Å². The summed E-state index contributed by atoms with van der Waals surface area (Å²) in [6.07, 6.45) is 0. The Bertz CT molecular complexity index is 3640. The lowest BCUT2D eigenvalue weighted by Gasteiger charge is -2.34. The van der Waals surface area contributed by atoms with Crippen molar-refractivity contribution in [3.63, 3.8) is 0 Å². The van der Waals surface area contributed by atoms with Gasteiger partial charge in [0.1, 0.15) is 0 Å². The minimum atomic E-state index is -0.497. The van der Waals surface area contributed by atoms with Gasteiger partial charge in [0, 0.05) is 0 Å². The third-order valence-corrected chi connectivity index (χ3v) is 15.6. The second-order valence-corrected chi connectivity index (χ2v) is 18.9. The van der Waals surface area contributed by atoms with Crippen LogP contribution in [0.15, 0.2) is 279 Å². The highest BCUT2D eigenvalue weighted by atomic mass is 14.5. The molecule has 0 unspecified atom stereocenters. The van der Waals surface area contributed by atoms with Crippen LogP contribution < -0.4 is 0 Å². The van der Waals surface area contributed by atoms with Crippen LogP contribution in [0, 0.1) is 0 Å². The van der Waals surface area contributed by atoms with E-state index < -0.39 is 10.8 Å². The van der Waals surface area contributed by atoms with Crippen molar-refractivity contribution < 1.29 is 0 Å². The van der Waals surface area contributed by atoms with E-state index in [0.29, 0.717) is 0 Å². The molecule has 12 aromatic rings. The molecule has 0 nitrogen and oxygen atoms in total. The topological polar surface area (TPSA) is 0 Å². The molecule has 0 atom stereocenters. The average molecular weight is 887 g/mol. The molecular weight excluding hydrogens is 841 g/mol. The van der Waals surface area contributed by atoms with Crippen molar-refractivity contribution in [3.8, 4) is 55.6 Å². The molecule has 0 aromatic heterocycles. The zero-order valence-corrected chi connectivity index (χ0v) is 38.6. The van der Waals surface area contributed by atoms with Gasteiger partial charge >= 0.3 is 0 Å². The van der Waals surface area contributed by atoms with Gasteiger partial charge in [-0.2, -0.15) is 0 Å². The van der Waals surface area contributed by atoms with Gasteiger partial charge in [-0.05, 0) is 128 Å². The van der Waals surface area contributed by atoms with Crippen LogP contribution in [0.3, 0.4) is 0 Å². The van der Waals surface area contributed by atoms with E-state index in [-0.39, 0.29) is 0 Å². The SMILES string of the molecule is c1ccc(-c2c3cccc(-c4cccc5c4-c4ccccc4C5(c4ccccc4)c4ccccc4)c3cc3c(-c4cccc5c4-c4ccccc4C5(c4ccccc4)c4ccccc4)cccc23)cc1. The first-order valence-corrected chi connectivity index (χ1v) is 24.5. The van der Waals surface area contributed by atoms with Crippen LogP contribution in [0.2, 0.25) is 0 Å². The molecule has 0 saturated heterocycles. The molecule has 2 aliphatic carbocycles. The fraction of sp³-hybridized carbons (Fsp3) is 0.0286. The number of fused-ring (bicyclic) bond motifs is 8. The second-order valence-electron chi connectivity index (χ2n) is 18.9. The molecule has 0 saturated carbocycles. The molecule has 0 bridgehead atoms. The molecule has 0 fully saturated rings. The highest BCUT2D eigenvalue weighted by molar-refractivity contribution is 6.20. The Hall–Kier alpha value is -8.84. The quantitative estimate of drug-likeness (QED) is 0.140. The summed E-state index contributed by atoms with van der Waals surface area (Å²) < 4.78 is 0. The summed E-state index contributed by atoms with van der Waals surface area (Å²) in [4.78, 5) is 0. The first-order chi connectivity index (χ1) is 34.8. The zero-order chi connectivity index (χ0) is 46.2. The van der Waals surface area contributed by atoms with E-state index in [0.717, 1.165) is 0 Å². The lowest BCUT2D eigenvalue weighted by Crippen LogP contribution is -2.28. The summed E-state index contributed by atoms with van der Waals surface area (Å²) in [5, 5.41) is 4.95. The first kappa shape index (κ1) is 40.2. The van der Waals surface area contributed by atoms with E-state index in [9.17, 15) is 0 Å². The van der Waals surface area contributed by atoms with E-state index >= 15 is 0 Å². The zero-order valence-electron chi connectivity index (χ0n) is 38.6. The predicted octanol–water partition coefficient (Wildman–Crippen LogP) is 17.7. The second kappa shape index (κ2) is 15.9. The summed E-state index contributed by atoms with van der Waals surface area (Å²) >= 11 is 0. The molecule has 14 rings (SSSR count). The minimum Gasteiger partial charge on any atom is -0.0622 e. The molecule has 12 aromatic carbocycles. The maximum atomic E-state index is 2.52. The van der Waals surface area contributed by atoms with Crippen molar-refractivity contribution >= 4 is 21.5 Å². The fourth-order valence-corrected chi connectivity index (χ4v) is 13.0. The highest BCUT2D eigenvalue weighted by Crippen LogP contribution is 2.61. The van der Waals surface area contributed by atoms with Crippen molar-refractivity contribution in [2.24, 2.45) is 0 Å². The maximum Gasteiger partial charge on any atom is 0.0713 e. The Balaban J connectivity index is 1.08. The van der Waals surface area contributed by atoms with Gasteiger partial charge in [0.05, 0.1) is 10.8 Å². The van der Waals surface area contributed by atoms with Gasteiger partial charge < -0.3 is 0 Å². The lowest BCUT2D eigenvalue weighted by atomic mass is 9.67. The van der Waals surface area contributed by atoms with Gasteiger partial charge in [-0.15, -0.1) is 0 Å². The van der Waals surface area contributed by atoms with E-state index in [1.807, 2.05) is 0 Å². The largest absolute Gasteiger partial charge is 0.0713 e. The summed E-state index contributed by atoms with van der Waals surface area (Å²) in [7, 11) is 0. The summed E-state index contributed by atoms with van der Waals surface area (Å²) in [5.41, 5.74) is 21.9. The van der Waals surface area contributed by atoms with Gasteiger partial charge in [-0.25, -0.2) is 0 Å². The molecular formula is C70H46. The fourth-order valence-electron chi connectivity index (χ4n) is 13.0. The van der Waals surface area contributed by atoms with Gasteiger partial charge in [0.25, 0.3) is 0 Å². The number of rotatable bonds is 7. The Labute approximate surface area is 409 Å². The number of hydrogen-bond donors (Lipinski definition) is 0. The van der Waals surface area contributed by atoms with Crippen LogP contribution >= 0.6 is 0 Å². The molecule has 326 valence electrons. The van der Waals surface area contributed by atoms with Crippen molar-refractivity contribution in [3.05, 3.63) is 324 Å². The van der Waals surface area contributed by atoms with Crippen molar-refractivity contribution in [2.45, 2.75) is 10.8 Å². The monoisotopic (exact) mass is 886 g/mol. The van der Waals surface area contributed by atoms with E-state index in [1.165, 1.54) is 122 Å². The van der Waals surface area contributed by atoms with Crippen molar-refractivity contribution in [1.29, 1.82) is 0 Å². The molecule has 70 heavy (non-hydrogen) atoms. The summed E-state index contributed by atoms with van der Waals surface area (Å²) in [6.45, 7) is 0. The van der Waals surface area contributed by atoms with Crippen LogP contribution in [0.1, 0.15) is 44.5 Å². The predicted molar refractivity (Wildman–Crippen MR) is 292 cm³/mol. The van der Waals surface area contributed by atoms with Crippen molar-refractivity contribution in [1.82, 2.24) is 0 Å². The normalized spacial score (nSPS) is 13.7. The average Bonchev–Trinajstić information content (AvgIpc) is 3.92. The Kier molecular flexibility index (Phi) is 9.13. The van der Waals surface area contributed by atoms with Gasteiger partial charge in [-0.1, -0.05) is 273 Å². The Morgan fingerprint density at radius 2 is 0.486 bits per heavy atom. The molecule has 2 aliphatic rings. The van der Waals surface area contributed by atoms with E-state index in [2.05, 4.69) is 279 Å². The third kappa shape index (κ3) is 5.59. The standard InChI is InChI=1S/C70H46/c1-6-24-47(25-7-1)66-56-38-20-36-52(54-40-22-44-64-67(54)58-34-16-18-42-62(58)69(64,48-26-8-2-9-27-48)49-28-10-3-11-29-49)60(56)46-61-53(37-21-39-57(61)66)55-41-23-45-65-68(55)59-35-17-19-43-63(59)70(65,50-30-12-4-13-31-50)51-32-14-5-15-33-51/h1-46H. The molecule has 0 aliphatic heterocycles. The smallest absolute Gasteiger partial charge is 0.0622 e. The first-order valence-electron chi connectivity index (χ1n) is 24.5. The maximum absolute atomic E-state index is 2.52. The molecule has 0 heterocycles. The number of hydrogen-bond acceptors (Lipinski definition) is 0. The Morgan fingerprint density at radius 3 is 0.886 bits per heavy atom.